The van der Waals surface area contributed by atoms with E-state index >= 15 is 0 Å². The first-order valence-corrected chi connectivity index (χ1v) is 7.90. The Morgan fingerprint density at radius 3 is 2.48 bits per heavy atom. The summed E-state index contributed by atoms with van der Waals surface area (Å²) in [6, 6.07) is 13.9. The van der Waals surface area contributed by atoms with E-state index in [1.807, 2.05) is 55.7 Å². The van der Waals surface area contributed by atoms with E-state index in [0.717, 1.165) is 24.2 Å². The van der Waals surface area contributed by atoms with Crippen molar-refractivity contribution in [3.8, 4) is 0 Å². The van der Waals surface area contributed by atoms with Crippen molar-refractivity contribution in [1.29, 1.82) is 0 Å². The van der Waals surface area contributed by atoms with E-state index in [0.29, 0.717) is 19.6 Å². The lowest BCUT2D eigenvalue weighted by Crippen LogP contribution is -2.37. The number of nitrogens with one attached hydrogen (secondary N) is 2. The van der Waals surface area contributed by atoms with Gasteiger partial charge in [0, 0.05) is 31.2 Å². The van der Waals surface area contributed by atoms with Crippen LogP contribution in [-0.2, 0) is 11.3 Å². The molecule has 0 saturated heterocycles. The number of pyridine rings is 1. The Bertz CT molecular complexity index is 584. The predicted molar refractivity (Wildman–Crippen MR) is 108 cm³/mol. The Balaban J connectivity index is 0.00000288. The number of aromatic nitrogens is 1. The lowest BCUT2D eigenvalue weighted by atomic mass is 10.2. The molecule has 2 N–H and O–H groups in total. The van der Waals surface area contributed by atoms with Crippen LogP contribution in [-0.4, -0.2) is 37.6 Å². The molecule has 138 valence electrons. The summed E-state index contributed by atoms with van der Waals surface area (Å²) in [6.07, 6.45) is 4.52. The molecule has 0 fully saturated rings. The molecule has 0 unspecified atom stereocenters. The van der Waals surface area contributed by atoms with Gasteiger partial charge in [-0.25, -0.2) is 0 Å². The second kappa shape index (κ2) is 13.5. The molecule has 1 amide bonds. The molecular formula is C18H26Cl2N4O. The first-order valence-electron chi connectivity index (χ1n) is 7.90. The molecule has 0 radical (unpaired) electrons. The molecule has 0 atom stereocenters. The van der Waals surface area contributed by atoms with Crippen molar-refractivity contribution in [2.45, 2.75) is 13.0 Å². The third kappa shape index (κ3) is 8.72. The molecule has 7 heteroatoms. The second-order valence-corrected chi connectivity index (χ2v) is 5.36. The summed E-state index contributed by atoms with van der Waals surface area (Å²) in [6.45, 7) is 2.58. The van der Waals surface area contributed by atoms with Crippen LogP contribution in [0.4, 0.5) is 5.69 Å². The SMILES string of the molecule is CNCCCNC(=O)CN(Cc1cccnc1)c1ccccc1.Cl.Cl. The van der Waals surface area contributed by atoms with Crippen LogP contribution in [0.5, 0.6) is 0 Å². The molecule has 25 heavy (non-hydrogen) atoms. The number of para-hydroxylation sites is 1. The van der Waals surface area contributed by atoms with Gasteiger partial charge in [0.1, 0.15) is 0 Å². The van der Waals surface area contributed by atoms with Crippen LogP contribution >= 0.6 is 24.8 Å². The molecule has 1 heterocycles. The third-order valence-corrected chi connectivity index (χ3v) is 3.48. The van der Waals surface area contributed by atoms with Gasteiger partial charge in [-0.1, -0.05) is 24.3 Å². The zero-order valence-electron chi connectivity index (χ0n) is 14.4. The van der Waals surface area contributed by atoms with Crippen molar-refractivity contribution in [3.05, 3.63) is 60.4 Å². The highest BCUT2D eigenvalue weighted by molar-refractivity contribution is 5.85. The van der Waals surface area contributed by atoms with Crippen LogP contribution in [0.1, 0.15) is 12.0 Å². The summed E-state index contributed by atoms with van der Waals surface area (Å²) >= 11 is 0. The lowest BCUT2D eigenvalue weighted by molar-refractivity contribution is -0.119. The van der Waals surface area contributed by atoms with Gasteiger partial charge in [-0.3, -0.25) is 9.78 Å². The molecule has 0 spiro atoms. The monoisotopic (exact) mass is 384 g/mol. The molecule has 0 bridgehead atoms. The highest BCUT2D eigenvalue weighted by atomic mass is 35.5. The average molecular weight is 385 g/mol. The number of hydrogen-bond acceptors (Lipinski definition) is 4. The van der Waals surface area contributed by atoms with Gasteiger partial charge in [-0.05, 0) is 43.8 Å². The Morgan fingerprint density at radius 1 is 1.08 bits per heavy atom. The van der Waals surface area contributed by atoms with E-state index in [1.54, 1.807) is 6.20 Å². The fraction of sp³-hybridized carbons (Fsp3) is 0.333. The Morgan fingerprint density at radius 2 is 1.84 bits per heavy atom. The molecule has 0 saturated carbocycles. The predicted octanol–water partition coefficient (Wildman–Crippen LogP) is 2.66. The van der Waals surface area contributed by atoms with E-state index in [9.17, 15) is 4.79 Å². The number of rotatable bonds is 9. The van der Waals surface area contributed by atoms with Crippen molar-refractivity contribution >= 4 is 36.4 Å². The van der Waals surface area contributed by atoms with Crippen molar-refractivity contribution in [3.63, 3.8) is 0 Å². The second-order valence-electron chi connectivity index (χ2n) is 5.36. The van der Waals surface area contributed by atoms with Crippen LogP contribution in [0, 0.1) is 0 Å². The van der Waals surface area contributed by atoms with Crippen molar-refractivity contribution in [2.24, 2.45) is 0 Å². The molecule has 0 aliphatic carbocycles. The quantitative estimate of drug-likeness (QED) is 0.652. The molecule has 2 rings (SSSR count). The molecule has 1 aromatic carbocycles. The number of carbonyl (C=O) groups excluding carboxylic acids is 1. The summed E-state index contributed by atoms with van der Waals surface area (Å²) in [5.74, 6) is 0.0360. The Kier molecular flexibility index (Phi) is 12.5. The average Bonchev–Trinajstić information content (AvgIpc) is 2.60. The van der Waals surface area contributed by atoms with Crippen LogP contribution < -0.4 is 15.5 Å². The van der Waals surface area contributed by atoms with Gasteiger partial charge in [-0.2, -0.15) is 0 Å². The van der Waals surface area contributed by atoms with Gasteiger partial charge in [0.05, 0.1) is 6.54 Å². The number of amides is 1. The summed E-state index contributed by atoms with van der Waals surface area (Å²) < 4.78 is 0. The van der Waals surface area contributed by atoms with Gasteiger partial charge >= 0.3 is 0 Å². The van der Waals surface area contributed by atoms with E-state index in [4.69, 9.17) is 0 Å². The maximum atomic E-state index is 12.2. The molecule has 0 aliphatic rings. The van der Waals surface area contributed by atoms with Crippen molar-refractivity contribution in [2.75, 3.05) is 31.6 Å². The van der Waals surface area contributed by atoms with Gasteiger partial charge in [0.25, 0.3) is 0 Å². The molecule has 1 aromatic heterocycles. The van der Waals surface area contributed by atoms with Gasteiger partial charge in [0.2, 0.25) is 5.91 Å². The third-order valence-electron chi connectivity index (χ3n) is 3.48. The summed E-state index contributed by atoms with van der Waals surface area (Å²) in [5, 5.41) is 6.04. The number of nitrogens with zero attached hydrogens (tertiary/aromatic N) is 2. The fourth-order valence-corrected chi connectivity index (χ4v) is 2.31. The number of hydrogen-bond donors (Lipinski definition) is 2. The smallest absolute Gasteiger partial charge is 0.239 e. The lowest BCUT2D eigenvalue weighted by Gasteiger charge is -2.24. The normalized spacial score (nSPS) is 9.48. The van der Waals surface area contributed by atoms with Gasteiger partial charge in [-0.15, -0.1) is 24.8 Å². The van der Waals surface area contributed by atoms with E-state index in [-0.39, 0.29) is 30.7 Å². The van der Waals surface area contributed by atoms with Crippen molar-refractivity contribution in [1.82, 2.24) is 15.6 Å². The first kappa shape index (κ1) is 23.2. The minimum atomic E-state index is 0. The molecule has 0 aliphatic heterocycles. The largest absolute Gasteiger partial charge is 0.358 e. The van der Waals surface area contributed by atoms with Gasteiger partial charge < -0.3 is 15.5 Å². The minimum Gasteiger partial charge on any atom is -0.358 e. The Labute approximate surface area is 162 Å². The standard InChI is InChI=1S/C18H24N4O.2ClH/c1-19-10-6-12-21-18(23)15-22(17-8-3-2-4-9-17)14-16-7-5-11-20-13-16;;/h2-5,7-9,11,13,19H,6,10,12,14-15H2,1H3,(H,21,23);2*1H. The van der Waals surface area contributed by atoms with E-state index < -0.39 is 0 Å². The minimum absolute atomic E-state index is 0. The number of carbonyl (C=O) groups is 1. The van der Waals surface area contributed by atoms with Gasteiger partial charge in [0.15, 0.2) is 0 Å². The fourth-order valence-electron chi connectivity index (χ4n) is 2.31. The van der Waals surface area contributed by atoms with Crippen LogP contribution in [0.2, 0.25) is 0 Å². The summed E-state index contributed by atoms with van der Waals surface area (Å²) in [4.78, 5) is 18.4. The highest BCUT2D eigenvalue weighted by Crippen LogP contribution is 2.16. The molecule has 2 aromatic rings. The zero-order chi connectivity index (χ0) is 16.3. The maximum absolute atomic E-state index is 12.2. The first-order chi connectivity index (χ1) is 11.3. The topological polar surface area (TPSA) is 57.3 Å². The molecule has 5 nitrogen and oxygen atoms in total. The van der Waals surface area contributed by atoms with E-state index in [1.165, 1.54) is 0 Å². The zero-order valence-corrected chi connectivity index (χ0v) is 16.0. The number of anilines is 1. The summed E-state index contributed by atoms with van der Waals surface area (Å²) in [7, 11) is 1.91. The summed E-state index contributed by atoms with van der Waals surface area (Å²) in [5.41, 5.74) is 2.11. The highest BCUT2D eigenvalue weighted by Gasteiger charge is 2.12. The number of halogens is 2. The molecular weight excluding hydrogens is 359 g/mol. The van der Waals surface area contributed by atoms with E-state index in [2.05, 4.69) is 20.5 Å². The Hall–Kier alpha value is -1.82. The maximum Gasteiger partial charge on any atom is 0.239 e. The number of benzene rings is 1. The van der Waals surface area contributed by atoms with Crippen LogP contribution in [0.3, 0.4) is 0 Å². The van der Waals surface area contributed by atoms with Crippen molar-refractivity contribution < 1.29 is 4.79 Å². The van der Waals surface area contributed by atoms with Crippen LogP contribution in [0.15, 0.2) is 54.9 Å². The van der Waals surface area contributed by atoms with Crippen LogP contribution in [0.25, 0.3) is 0 Å².